The van der Waals surface area contributed by atoms with Gasteiger partial charge in [0.15, 0.2) is 0 Å². The van der Waals surface area contributed by atoms with Crippen LogP contribution in [0.5, 0.6) is 0 Å². The molecule has 0 aromatic rings. The summed E-state index contributed by atoms with van der Waals surface area (Å²) >= 11 is 0. The van der Waals surface area contributed by atoms with Gasteiger partial charge in [-0.3, -0.25) is 0 Å². The Balaban J connectivity index is 1.91. The minimum Gasteiger partial charge on any atom is -0.377 e. The van der Waals surface area contributed by atoms with Gasteiger partial charge in [0.05, 0.1) is 18.1 Å². The van der Waals surface area contributed by atoms with Crippen LogP contribution in [-0.4, -0.2) is 12.7 Å². The van der Waals surface area contributed by atoms with Gasteiger partial charge in [-0.05, 0) is 25.2 Å². The predicted octanol–water partition coefficient (Wildman–Crippen LogP) is 1.33. The summed E-state index contributed by atoms with van der Waals surface area (Å²) in [5.41, 5.74) is 0. The molecule has 1 aliphatic heterocycles. The fourth-order valence-corrected chi connectivity index (χ4v) is 1.48. The number of rotatable bonds is 2. The highest BCUT2D eigenvalue weighted by atomic mass is 16.5. The van der Waals surface area contributed by atoms with Crippen molar-refractivity contribution in [1.82, 2.24) is 0 Å². The zero-order valence-corrected chi connectivity index (χ0v) is 5.92. The summed E-state index contributed by atoms with van der Waals surface area (Å²) < 4.78 is 5.26. The van der Waals surface area contributed by atoms with Crippen molar-refractivity contribution in [3.63, 3.8) is 0 Å². The summed E-state index contributed by atoms with van der Waals surface area (Å²) in [5, 5.41) is 8.74. The highest BCUT2D eigenvalue weighted by Crippen LogP contribution is 2.41. The van der Waals surface area contributed by atoms with Crippen LogP contribution in [0.3, 0.4) is 0 Å². The fraction of sp³-hybridized carbons (Fsp3) is 0.875. The molecule has 0 radical (unpaired) electrons. The first-order valence-corrected chi connectivity index (χ1v) is 3.93. The van der Waals surface area contributed by atoms with Crippen molar-refractivity contribution in [2.75, 3.05) is 6.61 Å². The molecule has 0 amide bonds. The Hall–Kier alpha value is -0.550. The van der Waals surface area contributed by atoms with Crippen LogP contribution < -0.4 is 0 Å². The Morgan fingerprint density at radius 3 is 2.40 bits per heavy atom. The third-order valence-corrected chi connectivity index (χ3v) is 2.41. The Morgan fingerprint density at radius 2 is 2.10 bits per heavy atom. The zero-order valence-electron chi connectivity index (χ0n) is 5.92. The third-order valence-electron chi connectivity index (χ3n) is 2.41. The van der Waals surface area contributed by atoms with Crippen LogP contribution in [-0.2, 0) is 4.74 Å². The maximum atomic E-state index is 8.74. The summed E-state index contributed by atoms with van der Waals surface area (Å²) in [6.07, 6.45) is 3.89. The van der Waals surface area contributed by atoms with E-state index in [1.54, 1.807) is 0 Å². The summed E-state index contributed by atoms with van der Waals surface area (Å²) in [6.45, 7) is 0.871. The quantitative estimate of drug-likeness (QED) is 0.575. The first-order chi connectivity index (χ1) is 4.92. The standard InChI is InChI=1S/C8H11NO/c9-5-7(6-1-2-6)8-3-4-10-8/h6-8H,1-4H2. The first kappa shape index (κ1) is 6.18. The van der Waals surface area contributed by atoms with Gasteiger partial charge in [0.2, 0.25) is 0 Å². The molecule has 0 spiro atoms. The van der Waals surface area contributed by atoms with Crippen molar-refractivity contribution in [3.05, 3.63) is 0 Å². The summed E-state index contributed by atoms with van der Waals surface area (Å²) in [4.78, 5) is 0. The molecular weight excluding hydrogens is 126 g/mol. The van der Waals surface area contributed by atoms with Gasteiger partial charge in [-0.15, -0.1) is 0 Å². The van der Waals surface area contributed by atoms with Gasteiger partial charge in [-0.2, -0.15) is 5.26 Å². The lowest BCUT2D eigenvalue weighted by Crippen LogP contribution is -2.34. The van der Waals surface area contributed by atoms with Gasteiger partial charge in [0, 0.05) is 6.61 Å². The zero-order chi connectivity index (χ0) is 6.97. The molecule has 2 heteroatoms. The van der Waals surface area contributed by atoms with Crippen LogP contribution in [0.25, 0.3) is 0 Å². The molecular formula is C8H11NO. The van der Waals surface area contributed by atoms with E-state index in [-0.39, 0.29) is 12.0 Å². The van der Waals surface area contributed by atoms with E-state index in [0.29, 0.717) is 5.92 Å². The van der Waals surface area contributed by atoms with Gasteiger partial charge >= 0.3 is 0 Å². The minimum absolute atomic E-state index is 0.216. The smallest absolute Gasteiger partial charge is 0.0757 e. The van der Waals surface area contributed by atoms with Crippen molar-refractivity contribution in [3.8, 4) is 6.07 Å². The average molecular weight is 137 g/mol. The van der Waals surface area contributed by atoms with Crippen LogP contribution >= 0.6 is 0 Å². The average Bonchev–Trinajstić information content (AvgIpc) is 2.58. The molecule has 10 heavy (non-hydrogen) atoms. The lowest BCUT2D eigenvalue weighted by molar-refractivity contribution is -0.0763. The highest BCUT2D eigenvalue weighted by Gasteiger charge is 2.39. The second-order valence-electron chi connectivity index (χ2n) is 3.19. The normalized spacial score (nSPS) is 34.1. The molecule has 2 aliphatic rings. The number of ether oxygens (including phenoxy) is 1. The second-order valence-corrected chi connectivity index (χ2v) is 3.19. The van der Waals surface area contributed by atoms with Gasteiger partial charge < -0.3 is 4.74 Å². The van der Waals surface area contributed by atoms with Crippen LogP contribution in [0.2, 0.25) is 0 Å². The van der Waals surface area contributed by atoms with E-state index in [0.717, 1.165) is 13.0 Å². The van der Waals surface area contributed by atoms with Crippen molar-refractivity contribution < 1.29 is 4.74 Å². The van der Waals surface area contributed by atoms with E-state index in [1.807, 2.05) is 0 Å². The summed E-state index contributed by atoms with van der Waals surface area (Å²) in [7, 11) is 0. The van der Waals surface area contributed by atoms with Crippen LogP contribution in [0.4, 0.5) is 0 Å². The molecule has 0 bridgehead atoms. The molecule has 54 valence electrons. The topological polar surface area (TPSA) is 33.0 Å². The molecule has 2 rings (SSSR count). The molecule has 1 heterocycles. The monoisotopic (exact) mass is 137 g/mol. The van der Waals surface area contributed by atoms with E-state index in [2.05, 4.69) is 6.07 Å². The molecule has 0 aromatic carbocycles. The summed E-state index contributed by atoms with van der Waals surface area (Å²) in [5.74, 6) is 0.893. The molecule has 1 aliphatic carbocycles. The SMILES string of the molecule is N#CC(C1CC1)C1CCO1. The molecule has 2 atom stereocenters. The number of nitriles is 1. The van der Waals surface area contributed by atoms with Crippen LogP contribution in [0.1, 0.15) is 19.3 Å². The molecule has 1 saturated carbocycles. The van der Waals surface area contributed by atoms with E-state index in [9.17, 15) is 0 Å². The number of hydrogen-bond donors (Lipinski definition) is 0. The second kappa shape index (κ2) is 2.25. The predicted molar refractivity (Wildman–Crippen MR) is 36.2 cm³/mol. The van der Waals surface area contributed by atoms with E-state index in [4.69, 9.17) is 10.00 Å². The van der Waals surface area contributed by atoms with Crippen LogP contribution in [0.15, 0.2) is 0 Å². The lowest BCUT2D eigenvalue weighted by atomic mass is 9.93. The van der Waals surface area contributed by atoms with Crippen molar-refractivity contribution >= 4 is 0 Å². The van der Waals surface area contributed by atoms with E-state index in [1.165, 1.54) is 12.8 Å². The minimum atomic E-state index is 0.216. The molecule has 2 fully saturated rings. The Bertz CT molecular complexity index is 165. The van der Waals surface area contributed by atoms with Gasteiger partial charge in [0.1, 0.15) is 0 Å². The first-order valence-electron chi connectivity index (χ1n) is 3.93. The molecule has 1 saturated heterocycles. The van der Waals surface area contributed by atoms with Crippen molar-refractivity contribution in [2.24, 2.45) is 11.8 Å². The van der Waals surface area contributed by atoms with Crippen molar-refractivity contribution in [2.45, 2.75) is 25.4 Å². The third kappa shape index (κ3) is 0.911. The van der Waals surface area contributed by atoms with Gasteiger partial charge in [-0.25, -0.2) is 0 Å². The van der Waals surface area contributed by atoms with Gasteiger partial charge in [0.25, 0.3) is 0 Å². The van der Waals surface area contributed by atoms with E-state index < -0.39 is 0 Å². The maximum absolute atomic E-state index is 8.74. The van der Waals surface area contributed by atoms with Crippen molar-refractivity contribution in [1.29, 1.82) is 5.26 Å². The highest BCUT2D eigenvalue weighted by molar-refractivity contribution is 5.00. The van der Waals surface area contributed by atoms with Gasteiger partial charge in [-0.1, -0.05) is 0 Å². The maximum Gasteiger partial charge on any atom is 0.0757 e. The lowest BCUT2D eigenvalue weighted by Gasteiger charge is -2.30. The van der Waals surface area contributed by atoms with E-state index >= 15 is 0 Å². The molecule has 0 N–H and O–H groups in total. The van der Waals surface area contributed by atoms with Crippen LogP contribution in [0, 0.1) is 23.2 Å². The fourth-order valence-electron chi connectivity index (χ4n) is 1.48. The number of nitrogens with zero attached hydrogens (tertiary/aromatic N) is 1. The molecule has 2 nitrogen and oxygen atoms in total. The molecule has 0 aromatic heterocycles. The Morgan fingerprint density at radius 1 is 1.40 bits per heavy atom. The number of hydrogen-bond acceptors (Lipinski definition) is 2. The Kier molecular flexibility index (Phi) is 1.39. The largest absolute Gasteiger partial charge is 0.377 e. The summed E-state index contributed by atoms with van der Waals surface area (Å²) in [6, 6.07) is 2.34. The Labute approximate surface area is 60.8 Å². The molecule has 2 unspecified atom stereocenters.